The lowest BCUT2D eigenvalue weighted by Gasteiger charge is -2.10. The minimum Gasteiger partial charge on any atom is -0.493 e. The molecule has 0 fully saturated rings. The first-order valence-corrected chi connectivity index (χ1v) is 9.69. The SMILES string of the molecule is Cc1ccccc1OCCC(=O)OCC(=O)c1cc(C)n(-c2ccc(F)cc2)c1C. The number of hydrogen-bond donors (Lipinski definition) is 0. The normalized spacial score (nSPS) is 10.7. The van der Waals surface area contributed by atoms with Gasteiger partial charge in [-0.25, -0.2) is 4.39 Å². The fourth-order valence-corrected chi connectivity index (χ4v) is 3.29. The number of hydrogen-bond acceptors (Lipinski definition) is 4. The Labute approximate surface area is 175 Å². The molecular weight excluding hydrogens is 385 g/mol. The van der Waals surface area contributed by atoms with Crippen molar-refractivity contribution < 1.29 is 23.5 Å². The molecule has 0 radical (unpaired) electrons. The molecule has 3 rings (SSSR count). The zero-order valence-corrected chi connectivity index (χ0v) is 17.3. The largest absolute Gasteiger partial charge is 0.493 e. The zero-order valence-electron chi connectivity index (χ0n) is 17.3. The van der Waals surface area contributed by atoms with Crippen LogP contribution in [0.2, 0.25) is 0 Å². The van der Waals surface area contributed by atoms with E-state index in [4.69, 9.17) is 9.47 Å². The molecule has 0 saturated heterocycles. The van der Waals surface area contributed by atoms with Crippen molar-refractivity contribution in [3.05, 3.63) is 82.9 Å². The van der Waals surface area contributed by atoms with Gasteiger partial charge in [0.15, 0.2) is 6.61 Å². The molecule has 6 heteroatoms. The molecule has 0 bridgehead atoms. The van der Waals surface area contributed by atoms with Crippen molar-refractivity contribution in [2.45, 2.75) is 27.2 Å². The first kappa shape index (κ1) is 21.3. The van der Waals surface area contributed by atoms with Gasteiger partial charge in [0.25, 0.3) is 0 Å². The van der Waals surface area contributed by atoms with Crippen molar-refractivity contribution in [2.24, 2.45) is 0 Å². The summed E-state index contributed by atoms with van der Waals surface area (Å²) in [4.78, 5) is 24.5. The number of benzene rings is 2. The predicted molar refractivity (Wildman–Crippen MR) is 112 cm³/mol. The van der Waals surface area contributed by atoms with Gasteiger partial charge < -0.3 is 14.0 Å². The zero-order chi connectivity index (χ0) is 21.7. The van der Waals surface area contributed by atoms with E-state index >= 15 is 0 Å². The van der Waals surface area contributed by atoms with E-state index in [0.717, 1.165) is 22.7 Å². The molecule has 3 aromatic rings. The van der Waals surface area contributed by atoms with E-state index in [9.17, 15) is 14.0 Å². The number of halogens is 1. The van der Waals surface area contributed by atoms with Gasteiger partial charge in [-0.2, -0.15) is 0 Å². The summed E-state index contributed by atoms with van der Waals surface area (Å²) in [6.45, 7) is 5.44. The number of aryl methyl sites for hydroxylation is 2. The standard InChI is InChI=1S/C24H24FNO4/c1-16-6-4-5-7-23(16)29-13-12-24(28)30-15-22(27)21-14-17(2)26(18(21)3)20-10-8-19(25)9-11-20/h4-11,14H,12-13,15H2,1-3H3. The summed E-state index contributed by atoms with van der Waals surface area (Å²) in [5.41, 5.74) is 3.76. The molecule has 0 aliphatic carbocycles. The average molecular weight is 409 g/mol. The highest BCUT2D eigenvalue weighted by Gasteiger charge is 2.18. The van der Waals surface area contributed by atoms with E-state index in [0.29, 0.717) is 11.3 Å². The number of ether oxygens (including phenoxy) is 2. The van der Waals surface area contributed by atoms with Crippen LogP contribution in [0.5, 0.6) is 5.75 Å². The van der Waals surface area contributed by atoms with Crippen LogP contribution < -0.4 is 4.74 Å². The molecular formula is C24H24FNO4. The maximum atomic E-state index is 13.2. The van der Waals surface area contributed by atoms with E-state index in [2.05, 4.69) is 0 Å². The number of ketones is 1. The Bertz CT molecular complexity index is 1050. The molecule has 0 N–H and O–H groups in total. The molecule has 0 unspecified atom stereocenters. The van der Waals surface area contributed by atoms with Crippen LogP contribution in [-0.4, -0.2) is 29.5 Å². The number of esters is 1. The van der Waals surface area contributed by atoms with Gasteiger partial charge in [-0.1, -0.05) is 18.2 Å². The van der Waals surface area contributed by atoms with Crippen molar-refractivity contribution >= 4 is 11.8 Å². The maximum absolute atomic E-state index is 13.2. The van der Waals surface area contributed by atoms with Crippen molar-refractivity contribution in [2.75, 3.05) is 13.2 Å². The molecule has 0 aliphatic rings. The van der Waals surface area contributed by atoms with E-state index in [-0.39, 0.29) is 31.2 Å². The van der Waals surface area contributed by atoms with Crippen LogP contribution in [0.4, 0.5) is 4.39 Å². The second-order valence-electron chi connectivity index (χ2n) is 7.04. The van der Waals surface area contributed by atoms with Crippen molar-refractivity contribution in [3.8, 4) is 11.4 Å². The summed E-state index contributed by atoms with van der Waals surface area (Å²) >= 11 is 0. The van der Waals surface area contributed by atoms with Crippen LogP contribution in [0.1, 0.15) is 33.7 Å². The number of Topliss-reactive ketones (excluding diaryl/α,β-unsaturated/α-hetero) is 1. The smallest absolute Gasteiger partial charge is 0.309 e. The topological polar surface area (TPSA) is 57.5 Å². The Kier molecular flexibility index (Phi) is 6.67. The van der Waals surface area contributed by atoms with Crippen LogP contribution in [0.3, 0.4) is 0 Å². The number of rotatable bonds is 8. The lowest BCUT2D eigenvalue weighted by atomic mass is 10.1. The number of nitrogens with zero attached hydrogens (tertiary/aromatic N) is 1. The number of carbonyl (C=O) groups excluding carboxylic acids is 2. The second kappa shape index (κ2) is 9.39. The molecule has 30 heavy (non-hydrogen) atoms. The fraction of sp³-hybridized carbons (Fsp3) is 0.250. The second-order valence-corrected chi connectivity index (χ2v) is 7.04. The Balaban J connectivity index is 1.56. The van der Waals surface area contributed by atoms with E-state index in [1.54, 1.807) is 25.1 Å². The third-order valence-electron chi connectivity index (χ3n) is 4.84. The third-order valence-corrected chi connectivity index (χ3v) is 4.84. The molecule has 1 aromatic heterocycles. The van der Waals surface area contributed by atoms with Crippen LogP contribution in [0, 0.1) is 26.6 Å². The Morgan fingerprint density at radius 3 is 2.40 bits per heavy atom. The van der Waals surface area contributed by atoms with Crippen molar-refractivity contribution in [1.82, 2.24) is 4.57 Å². The van der Waals surface area contributed by atoms with Gasteiger partial charge >= 0.3 is 5.97 Å². The van der Waals surface area contributed by atoms with Gasteiger partial charge in [0.1, 0.15) is 11.6 Å². The molecule has 0 saturated carbocycles. The lowest BCUT2D eigenvalue weighted by molar-refractivity contribution is -0.143. The van der Waals surface area contributed by atoms with Crippen LogP contribution in [-0.2, 0) is 9.53 Å². The van der Waals surface area contributed by atoms with Crippen LogP contribution in [0.25, 0.3) is 5.69 Å². The predicted octanol–water partition coefficient (Wildman–Crippen LogP) is 4.74. The highest BCUT2D eigenvalue weighted by atomic mass is 19.1. The first-order valence-electron chi connectivity index (χ1n) is 9.69. The Morgan fingerprint density at radius 2 is 1.70 bits per heavy atom. The van der Waals surface area contributed by atoms with Crippen LogP contribution in [0.15, 0.2) is 54.6 Å². The minimum absolute atomic E-state index is 0.0518. The van der Waals surface area contributed by atoms with Gasteiger partial charge in [0, 0.05) is 22.6 Å². The van der Waals surface area contributed by atoms with Gasteiger partial charge in [-0.05, 0) is 62.7 Å². The lowest BCUT2D eigenvalue weighted by Crippen LogP contribution is -2.16. The van der Waals surface area contributed by atoms with Crippen LogP contribution >= 0.6 is 0 Å². The number of para-hydroxylation sites is 1. The van der Waals surface area contributed by atoms with E-state index in [1.165, 1.54) is 12.1 Å². The van der Waals surface area contributed by atoms with Crippen molar-refractivity contribution in [3.63, 3.8) is 0 Å². The van der Waals surface area contributed by atoms with Gasteiger partial charge in [-0.3, -0.25) is 9.59 Å². The van der Waals surface area contributed by atoms with Gasteiger partial charge in [0.2, 0.25) is 5.78 Å². The quantitative estimate of drug-likeness (QED) is 0.398. The molecule has 0 aliphatic heterocycles. The summed E-state index contributed by atoms with van der Waals surface area (Å²) in [6, 6.07) is 15.3. The molecule has 1 heterocycles. The van der Waals surface area contributed by atoms with Gasteiger partial charge in [-0.15, -0.1) is 0 Å². The summed E-state index contributed by atoms with van der Waals surface area (Å²) in [5.74, 6) is -0.389. The Morgan fingerprint density at radius 1 is 1.00 bits per heavy atom. The fourth-order valence-electron chi connectivity index (χ4n) is 3.29. The number of carbonyl (C=O) groups is 2. The molecule has 0 spiro atoms. The molecule has 156 valence electrons. The number of aromatic nitrogens is 1. The van der Waals surface area contributed by atoms with E-state index < -0.39 is 5.97 Å². The third kappa shape index (κ3) is 4.95. The monoisotopic (exact) mass is 409 g/mol. The maximum Gasteiger partial charge on any atom is 0.309 e. The van der Waals surface area contributed by atoms with E-state index in [1.807, 2.05) is 42.7 Å². The summed E-state index contributed by atoms with van der Waals surface area (Å²) in [5, 5.41) is 0. The molecule has 0 amide bonds. The van der Waals surface area contributed by atoms with Crippen molar-refractivity contribution in [1.29, 1.82) is 0 Å². The molecule has 0 atom stereocenters. The highest BCUT2D eigenvalue weighted by Crippen LogP contribution is 2.22. The Hall–Kier alpha value is -3.41. The summed E-state index contributed by atoms with van der Waals surface area (Å²) in [7, 11) is 0. The minimum atomic E-state index is -0.496. The summed E-state index contributed by atoms with van der Waals surface area (Å²) < 4.78 is 25.8. The average Bonchev–Trinajstić information content (AvgIpc) is 3.02. The first-order chi connectivity index (χ1) is 14.4. The molecule has 5 nitrogen and oxygen atoms in total. The summed E-state index contributed by atoms with van der Waals surface area (Å²) in [6.07, 6.45) is 0.0518. The highest BCUT2D eigenvalue weighted by molar-refractivity contribution is 5.99. The van der Waals surface area contributed by atoms with Gasteiger partial charge in [0.05, 0.1) is 13.0 Å². The molecule has 2 aromatic carbocycles.